The second kappa shape index (κ2) is 12.8. The van der Waals surface area contributed by atoms with Crippen LogP contribution in [-0.2, 0) is 19.2 Å². The van der Waals surface area contributed by atoms with Crippen molar-refractivity contribution < 1.29 is 24.3 Å². The van der Waals surface area contributed by atoms with Gasteiger partial charge >= 0.3 is 0 Å². The molecule has 5 rings (SSSR count). The number of hydrogen-bond donors (Lipinski definition) is 2. The van der Waals surface area contributed by atoms with Crippen LogP contribution in [0.5, 0.6) is 0 Å². The lowest BCUT2D eigenvalue weighted by molar-refractivity contribution is -0.146. The predicted octanol–water partition coefficient (Wildman–Crippen LogP) is 6.42. The average molecular weight is 627 g/mol. The number of hydrogen-bond acceptors (Lipinski definition) is 6. The Morgan fingerprint density at radius 1 is 0.911 bits per heavy atom. The summed E-state index contributed by atoms with van der Waals surface area (Å²) in [4.78, 5) is 57.5. The van der Waals surface area contributed by atoms with Crippen molar-refractivity contribution >= 4 is 23.3 Å². The molecule has 7 nitrogen and oxygen atoms in total. The molecule has 1 amide bonds. The molecule has 1 aliphatic heterocycles. The third-order valence-electron chi connectivity index (χ3n) is 13.8. The zero-order valence-electron chi connectivity index (χ0n) is 29.2. The minimum atomic E-state index is -1.13. The lowest BCUT2D eigenvalue weighted by atomic mass is 9.73. The Kier molecular flexibility index (Phi) is 9.86. The van der Waals surface area contributed by atoms with Crippen molar-refractivity contribution in [3.05, 3.63) is 0 Å². The standard InChI is InChI=1S/C38H62N2O5/c1-7-12-26(33(44)31(43)19-24-15-16-24)20-29(41)28-22-38(36(5,6)37(38)17-11-18-37)23-40(28)34(45)27(35(2,3)4)21-30(42)32(39)25-13-9-8-10-14-25/h24-28,32-33,44H,7-23,39H2,1-6H3/t26?,27-,28+,32+,33?,38-/m1/s1. The van der Waals surface area contributed by atoms with Crippen LogP contribution in [0.25, 0.3) is 0 Å². The van der Waals surface area contributed by atoms with E-state index in [1.54, 1.807) is 0 Å². The van der Waals surface area contributed by atoms with Crippen molar-refractivity contribution in [1.82, 2.24) is 4.90 Å². The number of rotatable bonds is 14. The maximum atomic E-state index is 14.7. The van der Waals surface area contributed by atoms with Crippen molar-refractivity contribution in [2.45, 2.75) is 162 Å². The van der Waals surface area contributed by atoms with Gasteiger partial charge in [0.25, 0.3) is 0 Å². The van der Waals surface area contributed by atoms with E-state index in [0.717, 1.165) is 57.8 Å². The van der Waals surface area contributed by atoms with Crippen LogP contribution in [0.1, 0.15) is 144 Å². The van der Waals surface area contributed by atoms with Crippen LogP contribution in [0.4, 0.5) is 0 Å². The van der Waals surface area contributed by atoms with Crippen LogP contribution in [-0.4, -0.2) is 58.0 Å². The van der Waals surface area contributed by atoms with Gasteiger partial charge in [-0.25, -0.2) is 0 Å². The molecule has 5 fully saturated rings. The number of nitrogens with zero attached hydrogens (tertiary/aromatic N) is 1. The number of carbonyl (C=O) groups is 4. The number of likely N-dealkylation sites (tertiary alicyclic amines) is 1. The Labute approximate surface area is 272 Å². The van der Waals surface area contributed by atoms with Crippen molar-refractivity contribution in [3.63, 3.8) is 0 Å². The van der Waals surface area contributed by atoms with Crippen LogP contribution in [0.2, 0.25) is 0 Å². The molecule has 3 N–H and O–H groups in total. The number of aliphatic hydroxyl groups excluding tert-OH is 1. The Hall–Kier alpha value is -1.60. The molecule has 6 atom stereocenters. The van der Waals surface area contributed by atoms with Gasteiger partial charge in [-0.05, 0) is 85.4 Å². The van der Waals surface area contributed by atoms with Gasteiger partial charge in [0, 0.05) is 37.1 Å². The highest BCUT2D eigenvalue weighted by molar-refractivity contribution is 5.94. The third-order valence-corrected chi connectivity index (χ3v) is 13.8. The van der Waals surface area contributed by atoms with Crippen LogP contribution in [0, 0.1) is 45.3 Å². The minimum Gasteiger partial charge on any atom is -0.385 e. The number of carbonyl (C=O) groups excluding carboxylic acids is 4. The maximum Gasteiger partial charge on any atom is 0.227 e. The number of nitrogens with two attached hydrogens (primary N) is 1. The normalized spacial score (nSPS) is 30.0. The Bertz CT molecular complexity index is 1140. The zero-order valence-corrected chi connectivity index (χ0v) is 29.2. The van der Waals surface area contributed by atoms with E-state index in [1.165, 1.54) is 12.8 Å². The fourth-order valence-corrected chi connectivity index (χ4v) is 10.3. The van der Waals surface area contributed by atoms with Crippen LogP contribution in [0.15, 0.2) is 0 Å². The fraction of sp³-hybridized carbons (Fsp3) is 0.895. The first-order valence-corrected chi connectivity index (χ1v) is 18.4. The lowest BCUT2D eigenvalue weighted by Crippen LogP contribution is -2.49. The molecule has 45 heavy (non-hydrogen) atoms. The Morgan fingerprint density at radius 2 is 1.56 bits per heavy atom. The molecule has 0 radical (unpaired) electrons. The summed E-state index contributed by atoms with van der Waals surface area (Å²) in [6.07, 6.45) is 12.3. The van der Waals surface area contributed by atoms with Gasteiger partial charge in [0.2, 0.25) is 5.91 Å². The smallest absolute Gasteiger partial charge is 0.227 e. The van der Waals surface area contributed by atoms with Crippen molar-refractivity contribution in [2.75, 3.05) is 6.54 Å². The molecule has 2 spiro atoms. The van der Waals surface area contributed by atoms with E-state index in [0.29, 0.717) is 31.7 Å². The summed E-state index contributed by atoms with van der Waals surface area (Å²) in [6, 6.07) is -1.14. The maximum absolute atomic E-state index is 14.7. The van der Waals surface area contributed by atoms with E-state index in [4.69, 9.17) is 5.73 Å². The summed E-state index contributed by atoms with van der Waals surface area (Å²) in [5.74, 6) is -0.745. The van der Waals surface area contributed by atoms with Gasteiger partial charge in [-0.3, -0.25) is 19.2 Å². The third kappa shape index (κ3) is 6.23. The topological polar surface area (TPSA) is 118 Å². The lowest BCUT2D eigenvalue weighted by Gasteiger charge is -2.36. The molecule has 5 aliphatic rings. The van der Waals surface area contributed by atoms with Crippen molar-refractivity contribution in [3.8, 4) is 0 Å². The average Bonchev–Trinajstić information content (AvgIpc) is 3.79. The Morgan fingerprint density at radius 3 is 2.07 bits per heavy atom. The molecular weight excluding hydrogens is 564 g/mol. The van der Waals surface area contributed by atoms with Gasteiger partial charge in [-0.1, -0.05) is 73.6 Å². The molecule has 1 saturated heterocycles. The molecule has 1 heterocycles. The van der Waals surface area contributed by atoms with Gasteiger partial charge in [0.1, 0.15) is 6.10 Å². The summed E-state index contributed by atoms with van der Waals surface area (Å²) in [7, 11) is 0. The van der Waals surface area contributed by atoms with E-state index in [-0.39, 0.29) is 58.3 Å². The number of aliphatic hydroxyl groups is 1. The van der Waals surface area contributed by atoms with E-state index >= 15 is 0 Å². The summed E-state index contributed by atoms with van der Waals surface area (Å²) >= 11 is 0. The fourth-order valence-electron chi connectivity index (χ4n) is 10.3. The van der Waals surface area contributed by atoms with E-state index < -0.39 is 35.4 Å². The molecule has 2 unspecified atom stereocenters. The number of ketones is 3. The first kappa shape index (κ1) is 34.7. The van der Waals surface area contributed by atoms with Gasteiger partial charge in [0.15, 0.2) is 17.3 Å². The molecule has 7 heteroatoms. The monoisotopic (exact) mass is 626 g/mol. The van der Waals surface area contributed by atoms with Gasteiger partial charge in [-0.15, -0.1) is 0 Å². The highest BCUT2D eigenvalue weighted by Crippen LogP contribution is 2.88. The molecule has 4 aliphatic carbocycles. The van der Waals surface area contributed by atoms with Crippen molar-refractivity contribution in [1.29, 1.82) is 0 Å². The van der Waals surface area contributed by atoms with Crippen LogP contribution >= 0.6 is 0 Å². The zero-order chi connectivity index (χ0) is 32.9. The molecule has 0 aromatic rings. The Balaban J connectivity index is 1.38. The highest BCUT2D eigenvalue weighted by atomic mass is 16.3. The van der Waals surface area contributed by atoms with Gasteiger partial charge in [0.05, 0.1) is 12.1 Å². The van der Waals surface area contributed by atoms with E-state index in [9.17, 15) is 24.3 Å². The highest BCUT2D eigenvalue weighted by Gasteiger charge is 2.85. The molecule has 254 valence electrons. The molecule has 0 bridgehead atoms. The summed E-state index contributed by atoms with van der Waals surface area (Å²) in [6.45, 7) is 13.3. The first-order chi connectivity index (χ1) is 21.1. The number of fused-ring (bicyclic) bond motifs is 1. The minimum absolute atomic E-state index is 0.0325. The molecule has 0 aromatic carbocycles. The van der Waals surface area contributed by atoms with E-state index in [1.807, 2.05) is 32.6 Å². The molecule has 0 aromatic heterocycles. The molecular formula is C38H62N2O5. The largest absolute Gasteiger partial charge is 0.385 e. The predicted molar refractivity (Wildman–Crippen MR) is 176 cm³/mol. The van der Waals surface area contributed by atoms with Crippen molar-refractivity contribution in [2.24, 2.45) is 51.1 Å². The molecule has 4 saturated carbocycles. The van der Waals surface area contributed by atoms with Gasteiger partial charge in [-0.2, -0.15) is 0 Å². The van der Waals surface area contributed by atoms with Crippen LogP contribution < -0.4 is 5.73 Å². The first-order valence-electron chi connectivity index (χ1n) is 18.4. The van der Waals surface area contributed by atoms with Crippen LogP contribution in [0.3, 0.4) is 0 Å². The second-order valence-electron chi connectivity index (χ2n) is 17.6. The number of Topliss-reactive ketones (excluding diaryl/α,β-unsaturated/α-hetero) is 3. The second-order valence-corrected chi connectivity index (χ2v) is 17.6. The van der Waals surface area contributed by atoms with E-state index in [2.05, 4.69) is 13.8 Å². The SMILES string of the molecule is CCCC(CC(=O)[C@@H]1C[C@@]2(CN1C(=O)[C@@H](CC(=O)[C@@H](N)C1CCCCC1)C(C)(C)C)C(C)(C)C21CCC1)C(O)C(=O)CC1CC1. The quantitative estimate of drug-likeness (QED) is 0.230. The summed E-state index contributed by atoms with van der Waals surface area (Å²) < 4.78 is 0. The number of amides is 1. The van der Waals surface area contributed by atoms with Gasteiger partial charge < -0.3 is 15.7 Å². The summed E-state index contributed by atoms with van der Waals surface area (Å²) in [5.41, 5.74) is 6.15. The summed E-state index contributed by atoms with van der Waals surface area (Å²) in [5, 5.41) is 11.1.